The Labute approximate surface area is 81.5 Å². The quantitative estimate of drug-likeness (QED) is 0.680. The van der Waals surface area contributed by atoms with Gasteiger partial charge >= 0.3 is 0 Å². The van der Waals surface area contributed by atoms with Crippen LogP contribution in [0, 0.1) is 5.82 Å². The molecule has 3 nitrogen and oxygen atoms in total. The number of amides is 1. The molecule has 0 atom stereocenters. The number of carbonyl (C=O) groups is 1. The molecule has 14 heavy (non-hydrogen) atoms. The van der Waals surface area contributed by atoms with Crippen LogP contribution in [0.15, 0.2) is 18.2 Å². The van der Waals surface area contributed by atoms with Crippen molar-refractivity contribution >= 4 is 17.3 Å². The maximum Gasteiger partial charge on any atom is 0.226 e. The molecule has 0 aliphatic carbocycles. The van der Waals surface area contributed by atoms with Gasteiger partial charge in [-0.1, -0.05) is 6.07 Å². The highest BCUT2D eigenvalue weighted by Gasteiger charge is 2.19. The average molecular weight is 194 g/mol. The van der Waals surface area contributed by atoms with Crippen molar-refractivity contribution in [3.8, 4) is 0 Å². The molecule has 0 saturated heterocycles. The summed E-state index contributed by atoms with van der Waals surface area (Å²) in [6.07, 6.45) is 0.393. The molecule has 0 radical (unpaired) electrons. The van der Waals surface area contributed by atoms with E-state index in [0.717, 1.165) is 0 Å². The first kappa shape index (κ1) is 8.99. The van der Waals surface area contributed by atoms with E-state index in [1.165, 1.54) is 6.07 Å². The van der Waals surface area contributed by atoms with E-state index in [-0.39, 0.29) is 11.7 Å². The topological polar surface area (TPSA) is 32.3 Å². The minimum Gasteiger partial charge on any atom is -0.370 e. The first-order chi connectivity index (χ1) is 6.68. The highest BCUT2D eigenvalue weighted by Crippen LogP contribution is 2.30. The Bertz CT molecular complexity index is 378. The summed E-state index contributed by atoms with van der Waals surface area (Å²) in [5.74, 6) is -0.367. The van der Waals surface area contributed by atoms with Gasteiger partial charge in [0, 0.05) is 20.0 Å². The standard InChI is InChI=1S/C10H11FN2O/c1-13-6-5-9(14)12-8-4-2-3-7(11)10(8)13/h2-4H,5-6H2,1H3,(H,12,14). The normalized spacial score (nSPS) is 15.9. The number of rotatable bonds is 0. The highest BCUT2D eigenvalue weighted by atomic mass is 19.1. The lowest BCUT2D eigenvalue weighted by Crippen LogP contribution is -2.19. The molecule has 1 N–H and O–H groups in total. The summed E-state index contributed by atoms with van der Waals surface area (Å²) in [6, 6.07) is 4.69. The Balaban J connectivity index is 2.52. The van der Waals surface area contributed by atoms with Crippen molar-refractivity contribution in [1.29, 1.82) is 0 Å². The Morgan fingerprint density at radius 1 is 1.50 bits per heavy atom. The Morgan fingerprint density at radius 3 is 3.07 bits per heavy atom. The number of anilines is 2. The molecule has 1 aromatic rings. The van der Waals surface area contributed by atoms with Crippen LogP contribution in [-0.4, -0.2) is 19.5 Å². The largest absolute Gasteiger partial charge is 0.370 e. The molecule has 1 heterocycles. The number of fused-ring (bicyclic) bond motifs is 1. The van der Waals surface area contributed by atoms with Crippen molar-refractivity contribution in [3.05, 3.63) is 24.0 Å². The summed E-state index contributed by atoms with van der Waals surface area (Å²) >= 11 is 0. The van der Waals surface area contributed by atoms with E-state index in [1.54, 1.807) is 24.1 Å². The molecule has 0 unspecified atom stereocenters. The van der Waals surface area contributed by atoms with Gasteiger partial charge in [0.15, 0.2) is 0 Å². The summed E-state index contributed by atoms with van der Waals surface area (Å²) in [5.41, 5.74) is 1.02. The van der Waals surface area contributed by atoms with Crippen LogP contribution in [-0.2, 0) is 4.79 Å². The molecule has 74 valence electrons. The second kappa shape index (κ2) is 3.29. The van der Waals surface area contributed by atoms with Gasteiger partial charge in [0.1, 0.15) is 5.82 Å². The van der Waals surface area contributed by atoms with Crippen LogP contribution in [0.2, 0.25) is 0 Å². The van der Waals surface area contributed by atoms with Gasteiger partial charge in [0.25, 0.3) is 0 Å². The Hall–Kier alpha value is -1.58. The van der Waals surface area contributed by atoms with Gasteiger partial charge in [-0.25, -0.2) is 4.39 Å². The molecular formula is C10H11FN2O. The van der Waals surface area contributed by atoms with Gasteiger partial charge in [0.2, 0.25) is 5.91 Å². The third-order valence-electron chi connectivity index (χ3n) is 2.32. The van der Waals surface area contributed by atoms with E-state index in [1.807, 2.05) is 0 Å². The fraction of sp³-hybridized carbons (Fsp3) is 0.300. The molecule has 0 spiro atoms. The molecule has 1 aromatic carbocycles. The van der Waals surface area contributed by atoms with Gasteiger partial charge in [-0.3, -0.25) is 4.79 Å². The zero-order chi connectivity index (χ0) is 10.1. The van der Waals surface area contributed by atoms with Gasteiger partial charge in [-0.15, -0.1) is 0 Å². The average Bonchev–Trinajstić information content (AvgIpc) is 2.27. The van der Waals surface area contributed by atoms with Gasteiger partial charge in [-0.05, 0) is 12.1 Å². The number of nitrogens with zero attached hydrogens (tertiary/aromatic N) is 1. The van der Waals surface area contributed by atoms with Crippen LogP contribution in [0.1, 0.15) is 6.42 Å². The van der Waals surface area contributed by atoms with Crippen molar-refractivity contribution in [2.75, 3.05) is 23.8 Å². The van der Waals surface area contributed by atoms with Gasteiger partial charge in [-0.2, -0.15) is 0 Å². The summed E-state index contributed by atoms with van der Waals surface area (Å²) in [5, 5.41) is 2.67. The van der Waals surface area contributed by atoms with Crippen LogP contribution in [0.3, 0.4) is 0 Å². The van der Waals surface area contributed by atoms with Crippen LogP contribution in [0.4, 0.5) is 15.8 Å². The van der Waals surface area contributed by atoms with Gasteiger partial charge in [0.05, 0.1) is 11.4 Å². The van der Waals surface area contributed by atoms with E-state index < -0.39 is 0 Å². The Kier molecular flexibility index (Phi) is 2.11. The van der Waals surface area contributed by atoms with Crippen LogP contribution in [0.5, 0.6) is 0 Å². The fourth-order valence-corrected chi connectivity index (χ4v) is 1.60. The molecule has 1 aliphatic heterocycles. The number of para-hydroxylation sites is 1. The Morgan fingerprint density at radius 2 is 2.29 bits per heavy atom. The van der Waals surface area contributed by atoms with Crippen LogP contribution >= 0.6 is 0 Å². The van der Waals surface area contributed by atoms with E-state index in [2.05, 4.69) is 5.32 Å². The number of benzene rings is 1. The summed E-state index contributed by atoms with van der Waals surface area (Å²) < 4.78 is 13.4. The fourth-order valence-electron chi connectivity index (χ4n) is 1.60. The van der Waals surface area contributed by atoms with E-state index in [0.29, 0.717) is 24.3 Å². The summed E-state index contributed by atoms with van der Waals surface area (Å²) in [6.45, 7) is 0.541. The smallest absolute Gasteiger partial charge is 0.226 e. The third kappa shape index (κ3) is 1.43. The van der Waals surface area contributed by atoms with Gasteiger partial charge < -0.3 is 10.2 Å². The molecule has 4 heteroatoms. The second-order valence-electron chi connectivity index (χ2n) is 3.36. The molecule has 0 fully saturated rings. The van der Waals surface area contributed by atoms with E-state index in [9.17, 15) is 9.18 Å². The number of hydrogen-bond donors (Lipinski definition) is 1. The molecule has 0 saturated carbocycles. The predicted octanol–water partition coefficient (Wildman–Crippen LogP) is 1.60. The number of halogens is 1. The lowest BCUT2D eigenvalue weighted by atomic mass is 10.2. The van der Waals surface area contributed by atoms with Crippen LogP contribution < -0.4 is 10.2 Å². The first-order valence-electron chi connectivity index (χ1n) is 4.48. The molecule has 1 amide bonds. The predicted molar refractivity (Wildman–Crippen MR) is 52.9 cm³/mol. The van der Waals surface area contributed by atoms with Crippen LogP contribution in [0.25, 0.3) is 0 Å². The second-order valence-corrected chi connectivity index (χ2v) is 3.36. The molecule has 2 rings (SSSR count). The number of carbonyl (C=O) groups excluding carboxylic acids is 1. The number of nitrogens with one attached hydrogen (secondary N) is 1. The molecule has 0 aromatic heterocycles. The monoisotopic (exact) mass is 194 g/mol. The van der Waals surface area contributed by atoms with E-state index >= 15 is 0 Å². The lowest BCUT2D eigenvalue weighted by molar-refractivity contribution is -0.115. The van der Waals surface area contributed by atoms with Crippen molar-refractivity contribution < 1.29 is 9.18 Å². The summed E-state index contributed by atoms with van der Waals surface area (Å²) in [7, 11) is 1.78. The maximum atomic E-state index is 13.4. The lowest BCUT2D eigenvalue weighted by Gasteiger charge is -2.18. The summed E-state index contributed by atoms with van der Waals surface area (Å²) in [4.78, 5) is 13.0. The first-order valence-corrected chi connectivity index (χ1v) is 4.48. The zero-order valence-corrected chi connectivity index (χ0v) is 7.88. The molecule has 1 aliphatic rings. The molecule has 0 bridgehead atoms. The SMILES string of the molecule is CN1CCC(=O)Nc2cccc(F)c21. The number of hydrogen-bond acceptors (Lipinski definition) is 2. The minimum absolute atomic E-state index is 0.0683. The molecular weight excluding hydrogens is 183 g/mol. The van der Waals surface area contributed by atoms with Crippen molar-refractivity contribution in [2.24, 2.45) is 0 Å². The zero-order valence-electron chi connectivity index (χ0n) is 7.88. The third-order valence-corrected chi connectivity index (χ3v) is 2.32. The van der Waals surface area contributed by atoms with Crippen molar-refractivity contribution in [1.82, 2.24) is 0 Å². The van der Waals surface area contributed by atoms with Crippen molar-refractivity contribution in [2.45, 2.75) is 6.42 Å². The minimum atomic E-state index is -0.299. The van der Waals surface area contributed by atoms with E-state index in [4.69, 9.17) is 0 Å². The maximum absolute atomic E-state index is 13.4. The van der Waals surface area contributed by atoms with Crippen molar-refractivity contribution in [3.63, 3.8) is 0 Å². The highest BCUT2D eigenvalue weighted by molar-refractivity contribution is 5.96.